The summed E-state index contributed by atoms with van der Waals surface area (Å²) in [6, 6.07) is 21.1. The molecule has 12 nitrogen and oxygen atoms in total. The highest BCUT2D eigenvalue weighted by molar-refractivity contribution is 5.95. The van der Waals surface area contributed by atoms with Gasteiger partial charge in [-0.25, -0.2) is 10.9 Å². The Kier molecular flexibility index (Phi) is 13.0. The topological polar surface area (TPSA) is 146 Å². The highest BCUT2D eigenvalue weighted by atomic mass is 16.6. The fourth-order valence-electron chi connectivity index (χ4n) is 3.64. The van der Waals surface area contributed by atoms with E-state index in [0.717, 1.165) is 0 Å². The van der Waals surface area contributed by atoms with Gasteiger partial charge in [-0.3, -0.25) is 19.6 Å². The molecule has 4 aromatic rings. The molecule has 0 saturated heterocycles. The summed E-state index contributed by atoms with van der Waals surface area (Å²) in [5, 5.41) is 8.04. The summed E-state index contributed by atoms with van der Waals surface area (Å²) in [4.78, 5) is 32.0. The van der Waals surface area contributed by atoms with E-state index in [4.69, 9.17) is 18.9 Å². The van der Waals surface area contributed by atoms with Gasteiger partial charge in [0.05, 0.1) is 38.9 Å². The van der Waals surface area contributed by atoms with E-state index in [1.54, 1.807) is 49.1 Å². The quantitative estimate of drug-likeness (QED) is 0.107. The molecule has 0 unspecified atom stereocenters. The SMILES string of the molecule is O=C(NN=Cc1ccccc1OCCOCCOCCOc1ccccc1C=NNC(=O)c1ccncc1)c1ccncc1. The summed E-state index contributed by atoms with van der Waals surface area (Å²) in [6.45, 7) is 2.20. The molecule has 0 fully saturated rings. The van der Waals surface area contributed by atoms with Crippen molar-refractivity contribution in [1.29, 1.82) is 0 Å². The van der Waals surface area contributed by atoms with E-state index >= 15 is 0 Å². The summed E-state index contributed by atoms with van der Waals surface area (Å²) in [5.41, 5.74) is 7.34. The summed E-state index contributed by atoms with van der Waals surface area (Å²) < 4.78 is 22.8. The zero-order valence-corrected chi connectivity index (χ0v) is 23.9. The molecule has 4 rings (SSSR count). The monoisotopic (exact) mass is 596 g/mol. The minimum atomic E-state index is -0.330. The number of carbonyl (C=O) groups is 2. The molecule has 226 valence electrons. The van der Waals surface area contributed by atoms with Crippen LogP contribution in [0.4, 0.5) is 0 Å². The van der Waals surface area contributed by atoms with Crippen molar-refractivity contribution in [2.24, 2.45) is 10.2 Å². The zero-order valence-electron chi connectivity index (χ0n) is 23.9. The van der Waals surface area contributed by atoms with Crippen LogP contribution in [-0.4, -0.2) is 73.9 Å². The first-order valence-electron chi connectivity index (χ1n) is 13.8. The minimum Gasteiger partial charge on any atom is -0.491 e. The first-order chi connectivity index (χ1) is 21.7. The van der Waals surface area contributed by atoms with Crippen molar-refractivity contribution in [2.75, 3.05) is 39.6 Å². The van der Waals surface area contributed by atoms with Crippen molar-refractivity contribution in [3.05, 3.63) is 120 Å². The predicted molar refractivity (Wildman–Crippen MR) is 164 cm³/mol. The van der Waals surface area contributed by atoms with Gasteiger partial charge >= 0.3 is 0 Å². The molecule has 0 saturated carbocycles. The Morgan fingerprint density at radius 2 is 0.955 bits per heavy atom. The van der Waals surface area contributed by atoms with E-state index in [2.05, 4.69) is 31.0 Å². The molecule has 0 bridgehead atoms. The third kappa shape index (κ3) is 10.7. The number of nitrogens with one attached hydrogen (secondary N) is 2. The lowest BCUT2D eigenvalue weighted by molar-refractivity contribution is 0.0273. The molecule has 2 N–H and O–H groups in total. The van der Waals surface area contributed by atoms with Gasteiger partial charge in [-0.15, -0.1) is 0 Å². The number of hydrazone groups is 2. The molecule has 2 aromatic carbocycles. The Hall–Kier alpha value is -5.46. The number of nitrogens with zero attached hydrogens (tertiary/aromatic N) is 4. The molecule has 0 aliphatic rings. The maximum absolute atomic E-state index is 12.1. The molecule has 0 radical (unpaired) electrons. The molecule has 0 aliphatic carbocycles. The standard InChI is InChI=1S/C32H32N6O6/c39-31(25-9-13-33-14-10-25)37-35-23-27-5-1-3-7-29(27)43-21-19-41-17-18-42-20-22-44-30-8-4-2-6-28(30)24-36-38-32(40)26-11-15-34-16-12-26/h1-16,23-24H,17-22H2,(H,37,39)(H,38,40). The summed E-state index contributed by atoms with van der Waals surface area (Å²) in [5.74, 6) is 0.576. The van der Waals surface area contributed by atoms with Crippen molar-refractivity contribution in [1.82, 2.24) is 20.8 Å². The third-order valence-corrected chi connectivity index (χ3v) is 5.80. The lowest BCUT2D eigenvalue weighted by Crippen LogP contribution is -2.17. The number of hydrogen-bond donors (Lipinski definition) is 2. The number of benzene rings is 2. The summed E-state index contributed by atoms with van der Waals surface area (Å²) >= 11 is 0. The average Bonchev–Trinajstić information content (AvgIpc) is 3.07. The van der Waals surface area contributed by atoms with Crippen molar-refractivity contribution >= 4 is 24.2 Å². The van der Waals surface area contributed by atoms with E-state index in [1.165, 1.54) is 12.4 Å². The number of hydrogen-bond acceptors (Lipinski definition) is 10. The Morgan fingerprint density at radius 3 is 1.39 bits per heavy atom. The van der Waals surface area contributed by atoms with Crippen LogP contribution in [-0.2, 0) is 9.47 Å². The van der Waals surface area contributed by atoms with Crippen molar-refractivity contribution in [3.63, 3.8) is 0 Å². The normalized spacial score (nSPS) is 11.0. The van der Waals surface area contributed by atoms with Crippen LogP contribution in [0.3, 0.4) is 0 Å². The summed E-state index contributed by atoms with van der Waals surface area (Å²) in [6.07, 6.45) is 9.22. The van der Waals surface area contributed by atoms with E-state index in [-0.39, 0.29) is 11.8 Å². The lowest BCUT2D eigenvalue weighted by atomic mass is 10.2. The molecule has 0 aliphatic heterocycles. The predicted octanol–water partition coefficient (Wildman–Crippen LogP) is 3.50. The average molecular weight is 597 g/mol. The smallest absolute Gasteiger partial charge is 0.271 e. The van der Waals surface area contributed by atoms with Gasteiger partial charge in [-0.1, -0.05) is 24.3 Å². The zero-order chi connectivity index (χ0) is 30.7. The molecular weight excluding hydrogens is 564 g/mol. The number of para-hydroxylation sites is 2. The second-order valence-corrected chi connectivity index (χ2v) is 8.87. The van der Waals surface area contributed by atoms with E-state index in [0.29, 0.717) is 73.4 Å². The van der Waals surface area contributed by atoms with Crippen LogP contribution in [0.2, 0.25) is 0 Å². The second kappa shape index (κ2) is 18.2. The molecular formula is C32H32N6O6. The third-order valence-electron chi connectivity index (χ3n) is 5.80. The van der Waals surface area contributed by atoms with Crippen LogP contribution in [0.25, 0.3) is 0 Å². The van der Waals surface area contributed by atoms with Crippen molar-refractivity contribution < 1.29 is 28.5 Å². The van der Waals surface area contributed by atoms with Crippen LogP contribution in [0.1, 0.15) is 31.8 Å². The number of amides is 2. The number of carbonyl (C=O) groups excluding carboxylic acids is 2. The molecule has 2 heterocycles. The number of ether oxygens (including phenoxy) is 4. The van der Waals surface area contributed by atoms with Gasteiger partial charge < -0.3 is 18.9 Å². The molecule has 0 spiro atoms. The highest BCUT2D eigenvalue weighted by Crippen LogP contribution is 2.16. The van der Waals surface area contributed by atoms with Gasteiger partial charge in [0.1, 0.15) is 24.7 Å². The van der Waals surface area contributed by atoms with Crippen LogP contribution in [0.5, 0.6) is 11.5 Å². The van der Waals surface area contributed by atoms with E-state index in [9.17, 15) is 9.59 Å². The van der Waals surface area contributed by atoms with E-state index < -0.39 is 0 Å². The van der Waals surface area contributed by atoms with Gasteiger partial charge in [-0.2, -0.15) is 10.2 Å². The van der Waals surface area contributed by atoms with Crippen molar-refractivity contribution in [3.8, 4) is 11.5 Å². The largest absolute Gasteiger partial charge is 0.491 e. The fourth-order valence-corrected chi connectivity index (χ4v) is 3.64. The maximum atomic E-state index is 12.1. The second-order valence-electron chi connectivity index (χ2n) is 8.87. The van der Waals surface area contributed by atoms with Gasteiger partial charge in [0.15, 0.2) is 0 Å². The molecule has 2 amide bonds. The lowest BCUT2D eigenvalue weighted by Gasteiger charge is -2.11. The van der Waals surface area contributed by atoms with Crippen molar-refractivity contribution in [2.45, 2.75) is 0 Å². The Labute approximate surface area is 254 Å². The van der Waals surface area contributed by atoms with Gasteiger partial charge in [0.2, 0.25) is 0 Å². The van der Waals surface area contributed by atoms with E-state index in [1.807, 2.05) is 48.5 Å². The number of pyridine rings is 2. The van der Waals surface area contributed by atoms with Gasteiger partial charge in [0.25, 0.3) is 11.8 Å². The highest BCUT2D eigenvalue weighted by Gasteiger charge is 2.05. The first-order valence-corrected chi connectivity index (χ1v) is 13.8. The van der Waals surface area contributed by atoms with Crippen LogP contribution >= 0.6 is 0 Å². The minimum absolute atomic E-state index is 0.330. The maximum Gasteiger partial charge on any atom is 0.271 e. The molecule has 12 heteroatoms. The Morgan fingerprint density at radius 1 is 0.568 bits per heavy atom. The van der Waals surface area contributed by atoms with Gasteiger partial charge in [0, 0.05) is 47.0 Å². The Bertz CT molecular complexity index is 1400. The first kappa shape index (κ1) is 31.5. The number of rotatable bonds is 17. The van der Waals surface area contributed by atoms with Gasteiger partial charge in [-0.05, 0) is 48.5 Å². The molecule has 44 heavy (non-hydrogen) atoms. The molecule has 0 atom stereocenters. The Balaban J connectivity index is 1.07. The summed E-state index contributed by atoms with van der Waals surface area (Å²) in [7, 11) is 0. The van der Waals surface area contributed by atoms with Crippen LogP contribution < -0.4 is 20.3 Å². The number of aromatic nitrogens is 2. The molecule has 2 aromatic heterocycles. The van der Waals surface area contributed by atoms with Crippen LogP contribution in [0.15, 0.2) is 108 Å². The fraction of sp³-hybridized carbons (Fsp3) is 0.188. The van der Waals surface area contributed by atoms with Crippen LogP contribution in [0, 0.1) is 0 Å².